The van der Waals surface area contributed by atoms with E-state index in [0.717, 1.165) is 96.3 Å². The van der Waals surface area contributed by atoms with E-state index in [1.165, 1.54) is 116 Å². The van der Waals surface area contributed by atoms with Gasteiger partial charge in [-0.3, -0.25) is 9.59 Å². The first-order chi connectivity index (χ1) is 37.6. The summed E-state index contributed by atoms with van der Waals surface area (Å²) in [6.45, 7) is 4.73. The van der Waals surface area contributed by atoms with Crippen LogP contribution in [0.25, 0.3) is 0 Å². The van der Waals surface area contributed by atoms with Gasteiger partial charge in [-0.25, -0.2) is 4.79 Å². The van der Waals surface area contributed by atoms with E-state index in [-0.39, 0.29) is 32.2 Å². The van der Waals surface area contributed by atoms with Crippen LogP contribution in [0.15, 0.2) is 109 Å². The van der Waals surface area contributed by atoms with Gasteiger partial charge in [0.15, 0.2) is 6.10 Å². The molecule has 0 aromatic rings. The summed E-state index contributed by atoms with van der Waals surface area (Å²) in [6, 6.07) is 0. The van der Waals surface area contributed by atoms with Gasteiger partial charge in [0.25, 0.3) is 6.29 Å². The molecular formula is C68H116NO8+. The lowest BCUT2D eigenvalue weighted by atomic mass is 10.0. The summed E-state index contributed by atoms with van der Waals surface area (Å²) in [5, 5.41) is 9.72. The number of carboxylic acid groups (broad SMARTS) is 1. The third kappa shape index (κ3) is 59.5. The van der Waals surface area contributed by atoms with Gasteiger partial charge < -0.3 is 28.5 Å². The summed E-state index contributed by atoms with van der Waals surface area (Å²) in [6.07, 6.45) is 77.4. The lowest BCUT2D eigenvalue weighted by molar-refractivity contribution is -0.870. The molecule has 77 heavy (non-hydrogen) atoms. The summed E-state index contributed by atoms with van der Waals surface area (Å²) < 4.78 is 22.9. The van der Waals surface area contributed by atoms with Gasteiger partial charge >= 0.3 is 17.9 Å². The van der Waals surface area contributed by atoms with Crippen molar-refractivity contribution in [3.8, 4) is 0 Å². The van der Waals surface area contributed by atoms with Crippen molar-refractivity contribution < 1.29 is 42.9 Å². The van der Waals surface area contributed by atoms with Gasteiger partial charge in [0.1, 0.15) is 13.2 Å². The van der Waals surface area contributed by atoms with Gasteiger partial charge in [-0.2, -0.15) is 0 Å². The maximum atomic E-state index is 12.9. The second-order valence-electron chi connectivity index (χ2n) is 21.6. The summed E-state index contributed by atoms with van der Waals surface area (Å²) in [4.78, 5) is 37.5. The number of carboxylic acids is 1. The van der Waals surface area contributed by atoms with E-state index < -0.39 is 24.3 Å². The predicted molar refractivity (Wildman–Crippen MR) is 327 cm³/mol. The lowest BCUT2D eigenvalue weighted by Gasteiger charge is -2.25. The molecule has 0 saturated heterocycles. The molecule has 0 aliphatic heterocycles. The molecule has 0 aliphatic rings. The zero-order valence-corrected chi connectivity index (χ0v) is 50.1. The summed E-state index contributed by atoms with van der Waals surface area (Å²) in [5.74, 6) is -2.02. The molecule has 0 heterocycles. The molecule has 0 aliphatic carbocycles. The quantitative estimate of drug-likeness (QED) is 0.0211. The topological polar surface area (TPSA) is 108 Å². The lowest BCUT2D eigenvalue weighted by Crippen LogP contribution is -2.40. The number of unbranched alkanes of at least 4 members (excludes halogenated alkanes) is 23. The Kier molecular flexibility index (Phi) is 55.1. The third-order valence-electron chi connectivity index (χ3n) is 13.0. The number of allylic oxidation sites excluding steroid dienone is 18. The van der Waals surface area contributed by atoms with E-state index in [0.29, 0.717) is 23.9 Å². The van der Waals surface area contributed by atoms with Crippen molar-refractivity contribution >= 4 is 17.9 Å². The molecule has 0 aromatic carbocycles. The van der Waals surface area contributed by atoms with Crippen LogP contribution in [0.2, 0.25) is 0 Å². The maximum absolute atomic E-state index is 12.9. The van der Waals surface area contributed by atoms with Crippen molar-refractivity contribution in [2.45, 2.75) is 257 Å². The van der Waals surface area contributed by atoms with Crippen molar-refractivity contribution in [2.24, 2.45) is 0 Å². The first kappa shape index (κ1) is 73.0. The maximum Gasteiger partial charge on any atom is 0.361 e. The molecule has 0 spiro atoms. The van der Waals surface area contributed by atoms with Crippen LogP contribution >= 0.6 is 0 Å². The largest absolute Gasteiger partial charge is 0.477 e. The fourth-order valence-corrected chi connectivity index (χ4v) is 8.26. The average Bonchev–Trinajstić information content (AvgIpc) is 3.40. The van der Waals surface area contributed by atoms with E-state index >= 15 is 0 Å². The van der Waals surface area contributed by atoms with E-state index in [1.54, 1.807) is 0 Å². The first-order valence-corrected chi connectivity index (χ1v) is 31.1. The highest BCUT2D eigenvalue weighted by Gasteiger charge is 2.25. The number of hydrogen-bond acceptors (Lipinski definition) is 7. The van der Waals surface area contributed by atoms with Crippen LogP contribution in [-0.2, 0) is 33.3 Å². The minimum absolute atomic E-state index is 0.182. The Bertz CT molecular complexity index is 1630. The monoisotopic (exact) mass is 1070 g/mol. The van der Waals surface area contributed by atoms with Gasteiger partial charge in [-0.1, -0.05) is 239 Å². The van der Waals surface area contributed by atoms with Crippen LogP contribution in [-0.4, -0.2) is 87.4 Å². The minimum Gasteiger partial charge on any atom is -0.477 e. The smallest absolute Gasteiger partial charge is 0.361 e. The zero-order valence-electron chi connectivity index (χ0n) is 50.1. The molecule has 0 saturated carbocycles. The molecule has 2 atom stereocenters. The first-order valence-electron chi connectivity index (χ1n) is 31.1. The number of hydrogen-bond donors (Lipinski definition) is 1. The standard InChI is InChI=1S/C68H115NO8/c1-6-8-10-12-14-16-18-20-22-24-26-27-28-29-30-31-32-33-34-35-36-37-38-39-41-43-45-47-49-51-53-55-57-59-66(71)77-64(63-76-68(67(72)73)74-61-60-69(3,4)5)62-75-65(70)58-56-54-52-50-48-46-44-42-40-25-23-21-19-17-15-13-11-9-7-2/h8,10,14-17,20-23,26-27,29-30,32-33,35-36,64,68H,6-7,9,11-13,18-19,24-25,28,31,34,37-63H2,1-5H3/p+1/b10-8-,16-14-,17-15-,22-20-,23-21-,27-26-,30-29-,33-32-,36-35-. The van der Waals surface area contributed by atoms with E-state index in [4.69, 9.17) is 18.9 Å². The molecule has 2 unspecified atom stereocenters. The summed E-state index contributed by atoms with van der Waals surface area (Å²) in [5.41, 5.74) is 0. The zero-order chi connectivity index (χ0) is 56.2. The minimum atomic E-state index is -1.52. The predicted octanol–water partition coefficient (Wildman–Crippen LogP) is 18.7. The Balaban J connectivity index is 4.21. The van der Waals surface area contributed by atoms with Crippen LogP contribution in [0.5, 0.6) is 0 Å². The Morgan fingerprint density at radius 3 is 1.10 bits per heavy atom. The number of carbonyl (C=O) groups excluding carboxylic acids is 2. The van der Waals surface area contributed by atoms with Crippen LogP contribution in [0, 0.1) is 0 Å². The molecule has 9 heteroatoms. The number of carbonyl (C=O) groups is 3. The second-order valence-corrected chi connectivity index (χ2v) is 21.6. The Labute approximate surface area is 473 Å². The van der Waals surface area contributed by atoms with E-state index in [9.17, 15) is 19.5 Å². The van der Waals surface area contributed by atoms with Crippen LogP contribution in [0.4, 0.5) is 0 Å². The molecule has 0 aromatic heterocycles. The normalized spacial score (nSPS) is 13.5. The van der Waals surface area contributed by atoms with Crippen molar-refractivity contribution in [3.05, 3.63) is 109 Å². The van der Waals surface area contributed by atoms with Crippen molar-refractivity contribution in [3.63, 3.8) is 0 Å². The van der Waals surface area contributed by atoms with Gasteiger partial charge in [-0.15, -0.1) is 0 Å². The van der Waals surface area contributed by atoms with Crippen LogP contribution < -0.4 is 0 Å². The number of quaternary nitrogens is 1. The molecule has 9 nitrogen and oxygen atoms in total. The van der Waals surface area contributed by atoms with E-state index in [1.807, 2.05) is 21.1 Å². The van der Waals surface area contributed by atoms with Gasteiger partial charge in [0.2, 0.25) is 0 Å². The SMILES string of the molecule is CC/C=C\C/C=C\C/C=C\C/C=C\C/C=C\C/C=C\C/C=C\CCCCCCCCCCCCCC(=O)OC(COC(=O)CCCCCCCCCCC/C=C\C/C=C\CCCCC)COC(OCC[N+](C)(C)C)C(=O)O. The summed E-state index contributed by atoms with van der Waals surface area (Å²) >= 11 is 0. The van der Waals surface area contributed by atoms with Crippen molar-refractivity contribution in [1.29, 1.82) is 0 Å². The molecular weight excluding hydrogens is 959 g/mol. The number of rotatable bonds is 56. The van der Waals surface area contributed by atoms with Gasteiger partial charge in [0, 0.05) is 12.8 Å². The molecule has 0 rings (SSSR count). The third-order valence-corrected chi connectivity index (χ3v) is 13.0. The summed E-state index contributed by atoms with van der Waals surface area (Å²) in [7, 11) is 5.96. The fraction of sp³-hybridized carbons (Fsp3) is 0.691. The number of aliphatic carboxylic acids is 1. The number of nitrogens with zero attached hydrogens (tertiary/aromatic N) is 1. The molecule has 1 N–H and O–H groups in total. The highest BCUT2D eigenvalue weighted by atomic mass is 16.7. The van der Waals surface area contributed by atoms with Crippen LogP contribution in [0.1, 0.15) is 245 Å². The van der Waals surface area contributed by atoms with Crippen molar-refractivity contribution in [1.82, 2.24) is 0 Å². The van der Waals surface area contributed by atoms with E-state index in [2.05, 4.69) is 123 Å². The highest BCUT2D eigenvalue weighted by molar-refractivity contribution is 5.71. The number of ether oxygens (including phenoxy) is 4. The molecule has 0 bridgehead atoms. The number of esters is 2. The number of likely N-dealkylation sites (N-methyl/N-ethyl adjacent to an activating group) is 1. The molecule has 0 amide bonds. The van der Waals surface area contributed by atoms with Crippen molar-refractivity contribution in [2.75, 3.05) is 47.5 Å². The fourth-order valence-electron chi connectivity index (χ4n) is 8.26. The molecule has 0 radical (unpaired) electrons. The Hall–Kier alpha value is -4.05. The van der Waals surface area contributed by atoms with Crippen LogP contribution in [0.3, 0.4) is 0 Å². The molecule has 440 valence electrons. The Morgan fingerprint density at radius 1 is 0.403 bits per heavy atom. The highest BCUT2D eigenvalue weighted by Crippen LogP contribution is 2.16. The average molecular weight is 1080 g/mol. The van der Waals surface area contributed by atoms with Gasteiger partial charge in [-0.05, 0) is 103 Å². The van der Waals surface area contributed by atoms with Gasteiger partial charge in [0.05, 0.1) is 34.4 Å². The molecule has 0 fully saturated rings. The Morgan fingerprint density at radius 2 is 0.740 bits per heavy atom. The second kappa shape index (κ2) is 58.1.